The number of benzene rings is 2. The maximum absolute atomic E-state index is 13.0. The number of carboxylic acids is 1. The van der Waals surface area contributed by atoms with Gasteiger partial charge in [0.2, 0.25) is 5.91 Å². The lowest BCUT2D eigenvalue weighted by molar-refractivity contribution is -0.148. The van der Waals surface area contributed by atoms with Crippen LogP contribution in [0.4, 0.5) is 4.79 Å². The molecular formula is C24H28N2O8. The van der Waals surface area contributed by atoms with E-state index in [0.29, 0.717) is 10.5 Å². The zero-order valence-corrected chi connectivity index (χ0v) is 18.8. The molecule has 2 amide bonds. The van der Waals surface area contributed by atoms with Gasteiger partial charge in [-0.25, -0.2) is 9.59 Å². The minimum absolute atomic E-state index is 0.0765. The number of nitrogens with one attached hydrogen (secondary N) is 1. The quantitative estimate of drug-likeness (QED) is 0.313. The summed E-state index contributed by atoms with van der Waals surface area (Å²) in [7, 11) is 0. The van der Waals surface area contributed by atoms with Crippen molar-refractivity contribution in [2.45, 2.75) is 38.5 Å². The van der Waals surface area contributed by atoms with Crippen molar-refractivity contribution in [3.63, 3.8) is 0 Å². The van der Waals surface area contributed by atoms with Gasteiger partial charge < -0.3 is 25.0 Å². The van der Waals surface area contributed by atoms with Crippen molar-refractivity contribution in [2.75, 3.05) is 13.3 Å². The van der Waals surface area contributed by atoms with E-state index >= 15 is 0 Å². The lowest BCUT2D eigenvalue weighted by Gasteiger charge is -2.29. The first-order chi connectivity index (χ1) is 16.3. The van der Waals surface area contributed by atoms with Crippen molar-refractivity contribution < 1.29 is 38.9 Å². The van der Waals surface area contributed by atoms with Crippen LogP contribution in [0.15, 0.2) is 60.7 Å². The van der Waals surface area contributed by atoms with Crippen LogP contribution in [0.5, 0.6) is 0 Å². The van der Waals surface area contributed by atoms with Crippen LogP contribution < -0.4 is 5.32 Å². The summed E-state index contributed by atoms with van der Waals surface area (Å²) in [6, 6.07) is 14.8. The molecule has 2 aromatic rings. The number of aliphatic hydroxyl groups excluding tert-OH is 1. The first kappa shape index (κ1) is 26.3. The molecule has 0 bridgehead atoms. The highest BCUT2D eigenvalue weighted by atomic mass is 16.6. The van der Waals surface area contributed by atoms with Crippen molar-refractivity contribution in [1.82, 2.24) is 10.2 Å². The van der Waals surface area contributed by atoms with Crippen molar-refractivity contribution in [3.05, 3.63) is 71.8 Å². The van der Waals surface area contributed by atoms with Crippen molar-refractivity contribution in [3.8, 4) is 0 Å². The van der Waals surface area contributed by atoms with E-state index in [1.165, 1.54) is 0 Å². The molecular weight excluding hydrogens is 444 g/mol. The van der Waals surface area contributed by atoms with Gasteiger partial charge in [-0.15, -0.1) is 0 Å². The van der Waals surface area contributed by atoms with Gasteiger partial charge in [0.05, 0.1) is 13.0 Å². The molecule has 3 N–H and O–H groups in total. The van der Waals surface area contributed by atoms with Gasteiger partial charge in [-0.2, -0.15) is 0 Å². The fourth-order valence-corrected chi connectivity index (χ4v) is 3.15. The second-order valence-corrected chi connectivity index (χ2v) is 7.27. The van der Waals surface area contributed by atoms with E-state index in [1.54, 1.807) is 67.6 Å². The van der Waals surface area contributed by atoms with Crippen LogP contribution >= 0.6 is 0 Å². The molecule has 34 heavy (non-hydrogen) atoms. The molecule has 182 valence electrons. The van der Waals surface area contributed by atoms with Gasteiger partial charge in [0, 0.05) is 6.42 Å². The molecule has 0 spiro atoms. The Bertz CT molecular complexity index is 952. The number of hydrogen-bond acceptors (Lipinski definition) is 7. The highest BCUT2D eigenvalue weighted by Crippen LogP contribution is 2.12. The maximum Gasteiger partial charge on any atom is 0.412 e. The molecule has 0 aliphatic heterocycles. The van der Waals surface area contributed by atoms with Gasteiger partial charge in [0.15, 0.2) is 0 Å². The molecule has 0 aromatic heterocycles. The van der Waals surface area contributed by atoms with E-state index in [1.807, 2.05) is 0 Å². The molecule has 2 rings (SSSR count). The normalized spacial score (nSPS) is 12.2. The summed E-state index contributed by atoms with van der Waals surface area (Å²) in [5.41, 5.74) is 1.40. The van der Waals surface area contributed by atoms with Crippen molar-refractivity contribution in [1.29, 1.82) is 0 Å². The summed E-state index contributed by atoms with van der Waals surface area (Å²) in [6.07, 6.45) is -1.81. The van der Waals surface area contributed by atoms with Crippen LogP contribution in [0.3, 0.4) is 0 Å². The standard InChI is InChI=1S/C24H28N2O8/c1-2-33-23(31)19(13-17-9-5-3-6-10-17)25-22(30)20(14-21(28)29)26(16-27)24(32)34-15-18-11-7-4-8-12-18/h3-12,19-20,27H,2,13-16H2,1H3,(H,25,30)(H,28,29)/t19-,20-/m0/s1. The Balaban J connectivity index is 2.18. The molecule has 0 saturated heterocycles. The second kappa shape index (κ2) is 13.6. The Kier molecular flexibility index (Phi) is 10.5. The Hall–Kier alpha value is -3.92. The third-order valence-electron chi connectivity index (χ3n) is 4.81. The van der Waals surface area contributed by atoms with E-state index in [4.69, 9.17) is 9.47 Å². The average Bonchev–Trinajstić information content (AvgIpc) is 2.83. The van der Waals surface area contributed by atoms with Crippen LogP contribution in [0.25, 0.3) is 0 Å². The van der Waals surface area contributed by atoms with Crippen LogP contribution in [0.1, 0.15) is 24.5 Å². The topological polar surface area (TPSA) is 142 Å². The zero-order valence-electron chi connectivity index (χ0n) is 18.8. The van der Waals surface area contributed by atoms with Crippen molar-refractivity contribution >= 4 is 23.9 Å². The molecule has 0 fully saturated rings. The third-order valence-corrected chi connectivity index (χ3v) is 4.81. The summed E-state index contributed by atoms with van der Waals surface area (Å²) in [5, 5.41) is 21.5. The predicted molar refractivity (Wildman–Crippen MR) is 120 cm³/mol. The Labute approximate surface area is 197 Å². The number of carbonyl (C=O) groups excluding carboxylic acids is 3. The summed E-state index contributed by atoms with van der Waals surface area (Å²) >= 11 is 0. The lowest BCUT2D eigenvalue weighted by atomic mass is 10.0. The molecule has 10 heteroatoms. The molecule has 0 radical (unpaired) electrons. The minimum Gasteiger partial charge on any atom is -0.481 e. The van der Waals surface area contributed by atoms with E-state index < -0.39 is 49.2 Å². The van der Waals surface area contributed by atoms with Gasteiger partial charge >= 0.3 is 18.0 Å². The molecule has 0 heterocycles. The first-order valence-electron chi connectivity index (χ1n) is 10.7. The molecule has 10 nitrogen and oxygen atoms in total. The zero-order chi connectivity index (χ0) is 24.9. The molecule has 2 atom stereocenters. The van der Waals surface area contributed by atoms with E-state index in [9.17, 15) is 29.4 Å². The number of nitrogens with zero attached hydrogens (tertiary/aromatic N) is 1. The van der Waals surface area contributed by atoms with Gasteiger partial charge in [0.1, 0.15) is 25.4 Å². The Morgan fingerprint density at radius 1 is 0.941 bits per heavy atom. The molecule has 2 aromatic carbocycles. The molecule has 0 aliphatic carbocycles. The number of amides is 2. The fraction of sp³-hybridized carbons (Fsp3) is 0.333. The highest BCUT2D eigenvalue weighted by molar-refractivity contribution is 5.92. The smallest absolute Gasteiger partial charge is 0.412 e. The lowest BCUT2D eigenvalue weighted by Crippen LogP contribution is -2.55. The van der Waals surface area contributed by atoms with Crippen LogP contribution in [-0.2, 0) is 36.9 Å². The number of aliphatic carboxylic acids is 1. The second-order valence-electron chi connectivity index (χ2n) is 7.27. The Morgan fingerprint density at radius 2 is 1.53 bits per heavy atom. The Morgan fingerprint density at radius 3 is 2.06 bits per heavy atom. The summed E-state index contributed by atoms with van der Waals surface area (Å²) < 4.78 is 10.2. The number of rotatable bonds is 12. The van der Waals surface area contributed by atoms with E-state index in [2.05, 4.69) is 5.32 Å². The maximum atomic E-state index is 13.0. The molecule has 0 saturated carbocycles. The monoisotopic (exact) mass is 472 g/mol. The third kappa shape index (κ3) is 8.21. The van der Waals surface area contributed by atoms with Gasteiger partial charge in [-0.05, 0) is 18.1 Å². The number of esters is 1. The fourth-order valence-electron chi connectivity index (χ4n) is 3.15. The molecule has 0 unspecified atom stereocenters. The number of ether oxygens (including phenoxy) is 2. The van der Waals surface area contributed by atoms with E-state index in [0.717, 1.165) is 5.56 Å². The number of hydrogen-bond donors (Lipinski definition) is 3. The first-order valence-corrected chi connectivity index (χ1v) is 10.7. The summed E-state index contributed by atoms with van der Waals surface area (Å²) in [4.78, 5) is 50.1. The number of carboxylic acid groups (broad SMARTS) is 1. The largest absolute Gasteiger partial charge is 0.481 e. The number of carbonyl (C=O) groups is 4. The SMILES string of the molecule is CCOC(=O)[C@H](Cc1ccccc1)NC(=O)[C@H](CC(=O)O)N(CO)C(=O)OCc1ccccc1. The average molecular weight is 472 g/mol. The predicted octanol–water partition coefficient (Wildman–Crippen LogP) is 1.71. The highest BCUT2D eigenvalue weighted by Gasteiger charge is 2.35. The minimum atomic E-state index is -1.63. The van der Waals surface area contributed by atoms with Gasteiger partial charge in [-0.1, -0.05) is 60.7 Å². The van der Waals surface area contributed by atoms with Crippen LogP contribution in [-0.4, -0.2) is 64.5 Å². The van der Waals surface area contributed by atoms with E-state index in [-0.39, 0.29) is 19.6 Å². The summed E-state index contributed by atoms with van der Waals surface area (Å²) in [6.45, 7) is 0.578. The van der Waals surface area contributed by atoms with Gasteiger partial charge in [0.25, 0.3) is 0 Å². The van der Waals surface area contributed by atoms with Crippen LogP contribution in [0, 0.1) is 0 Å². The number of aliphatic hydroxyl groups is 1. The molecule has 0 aliphatic rings. The van der Waals surface area contributed by atoms with Gasteiger partial charge in [-0.3, -0.25) is 14.5 Å². The summed E-state index contributed by atoms with van der Waals surface area (Å²) in [5.74, 6) is -3.04. The van der Waals surface area contributed by atoms with Crippen LogP contribution in [0.2, 0.25) is 0 Å². The van der Waals surface area contributed by atoms with Crippen molar-refractivity contribution in [2.24, 2.45) is 0 Å².